The average molecular weight is 289 g/mol. The van der Waals surface area contributed by atoms with Gasteiger partial charge in [-0.3, -0.25) is 0 Å². The van der Waals surface area contributed by atoms with E-state index in [0.717, 1.165) is 12.0 Å². The van der Waals surface area contributed by atoms with Gasteiger partial charge in [-0.15, -0.1) is 0 Å². The summed E-state index contributed by atoms with van der Waals surface area (Å²) in [6, 6.07) is 9.92. The van der Waals surface area contributed by atoms with Crippen molar-refractivity contribution in [1.29, 1.82) is 0 Å². The molecule has 0 radical (unpaired) electrons. The molecule has 1 aliphatic carbocycles. The highest BCUT2D eigenvalue weighted by molar-refractivity contribution is 8.15. The zero-order valence-electron chi connectivity index (χ0n) is 10.1. The molecule has 0 unspecified atom stereocenters. The van der Waals surface area contributed by atoms with Crippen LogP contribution in [0, 0.1) is 0 Å². The number of rotatable bonds is 7. The maximum atomic E-state index is 11.3. The zero-order valence-corrected chi connectivity index (χ0v) is 11.7. The molecule has 0 bridgehead atoms. The van der Waals surface area contributed by atoms with E-state index in [4.69, 9.17) is 15.4 Å². The quantitative estimate of drug-likeness (QED) is 0.572. The molecule has 1 aromatic carbocycles. The third kappa shape index (κ3) is 3.46. The van der Waals surface area contributed by atoms with Crippen LogP contribution in [0.1, 0.15) is 31.2 Å². The Labute approximate surface area is 113 Å². The maximum absolute atomic E-state index is 11.3. The second kappa shape index (κ2) is 5.59. The van der Waals surface area contributed by atoms with Crippen LogP contribution in [0.25, 0.3) is 0 Å². The summed E-state index contributed by atoms with van der Waals surface area (Å²) in [5.41, 5.74) is 1.13. The van der Waals surface area contributed by atoms with Crippen LogP contribution < -0.4 is 0 Å². The lowest BCUT2D eigenvalue weighted by molar-refractivity contribution is 0.116. The smallest absolute Gasteiger partial charge is 0.238 e. The van der Waals surface area contributed by atoms with Crippen LogP contribution in [-0.4, -0.2) is 19.8 Å². The van der Waals surface area contributed by atoms with Gasteiger partial charge in [-0.2, -0.15) is 0 Å². The maximum Gasteiger partial charge on any atom is 0.238 e. The average Bonchev–Trinajstić information content (AvgIpc) is 3.10. The molecule has 1 saturated carbocycles. The molecule has 100 valence electrons. The van der Waals surface area contributed by atoms with Gasteiger partial charge in [-0.25, -0.2) is 8.42 Å². The third-order valence-electron chi connectivity index (χ3n) is 3.36. The lowest BCUT2D eigenvalue weighted by Gasteiger charge is -2.11. The standard InChI is InChI=1S/C13H17ClO3S/c14-18(15,16)13(8-9-13)7-4-10-17-11-12-5-2-1-3-6-12/h1-3,5-6H,4,7-11H2. The van der Waals surface area contributed by atoms with Gasteiger partial charge in [-0.05, 0) is 31.2 Å². The molecule has 0 aromatic heterocycles. The van der Waals surface area contributed by atoms with Crippen molar-refractivity contribution in [3.8, 4) is 0 Å². The van der Waals surface area contributed by atoms with Crippen LogP contribution in [-0.2, 0) is 20.4 Å². The van der Waals surface area contributed by atoms with Crippen LogP contribution in [0.4, 0.5) is 0 Å². The van der Waals surface area contributed by atoms with E-state index in [1.807, 2.05) is 30.3 Å². The fourth-order valence-corrected chi connectivity index (χ4v) is 3.69. The van der Waals surface area contributed by atoms with Crippen LogP contribution in [0.15, 0.2) is 30.3 Å². The van der Waals surface area contributed by atoms with E-state index in [1.165, 1.54) is 0 Å². The molecule has 5 heteroatoms. The Kier molecular flexibility index (Phi) is 4.30. The molecule has 0 N–H and O–H groups in total. The Bertz CT molecular complexity index is 480. The summed E-state index contributed by atoms with van der Waals surface area (Å²) in [4.78, 5) is 0. The summed E-state index contributed by atoms with van der Waals surface area (Å²) in [5.74, 6) is 0. The van der Waals surface area contributed by atoms with Crippen LogP contribution in [0.5, 0.6) is 0 Å². The summed E-state index contributed by atoms with van der Waals surface area (Å²) < 4.78 is 27.5. The molecule has 0 atom stereocenters. The van der Waals surface area contributed by atoms with Gasteiger partial charge in [0.05, 0.1) is 11.4 Å². The SMILES string of the molecule is O=S(=O)(Cl)C1(CCCOCc2ccccc2)CC1. The summed E-state index contributed by atoms with van der Waals surface area (Å²) in [6.45, 7) is 1.14. The molecule has 0 heterocycles. The molecule has 3 nitrogen and oxygen atoms in total. The van der Waals surface area contributed by atoms with Gasteiger partial charge in [-0.1, -0.05) is 30.3 Å². The molecule has 2 rings (SSSR count). The molecule has 1 aliphatic rings. The van der Waals surface area contributed by atoms with Gasteiger partial charge in [0.25, 0.3) is 0 Å². The van der Waals surface area contributed by atoms with Crippen LogP contribution in [0.2, 0.25) is 0 Å². The number of hydrogen-bond donors (Lipinski definition) is 0. The molecule has 0 aliphatic heterocycles. The van der Waals surface area contributed by atoms with E-state index in [2.05, 4.69) is 0 Å². The highest BCUT2D eigenvalue weighted by Gasteiger charge is 2.52. The molecule has 18 heavy (non-hydrogen) atoms. The first kappa shape index (κ1) is 13.8. The van der Waals surface area contributed by atoms with Gasteiger partial charge in [0, 0.05) is 17.3 Å². The largest absolute Gasteiger partial charge is 0.377 e. The first-order chi connectivity index (χ1) is 8.54. The normalized spacial score (nSPS) is 17.6. The predicted molar refractivity (Wildman–Crippen MR) is 72.1 cm³/mol. The Morgan fingerprint density at radius 2 is 1.89 bits per heavy atom. The fourth-order valence-electron chi connectivity index (χ4n) is 2.02. The second-order valence-electron chi connectivity index (χ2n) is 4.76. The number of ether oxygens (including phenoxy) is 1. The summed E-state index contributed by atoms with van der Waals surface area (Å²) in [5, 5.41) is 0. The van der Waals surface area contributed by atoms with Gasteiger partial charge in [0.15, 0.2) is 0 Å². The van der Waals surface area contributed by atoms with E-state index < -0.39 is 13.8 Å². The Morgan fingerprint density at radius 3 is 2.44 bits per heavy atom. The minimum atomic E-state index is -3.41. The summed E-state index contributed by atoms with van der Waals surface area (Å²) in [7, 11) is 2.01. The molecule has 0 spiro atoms. The molecule has 0 saturated heterocycles. The predicted octanol–water partition coefficient (Wildman–Crippen LogP) is 3.08. The minimum absolute atomic E-state index is 0.571. The van der Waals surface area contributed by atoms with Crippen LogP contribution in [0.3, 0.4) is 0 Å². The van der Waals surface area contributed by atoms with Crippen molar-refractivity contribution in [2.45, 2.75) is 37.0 Å². The molecule has 0 amide bonds. The van der Waals surface area contributed by atoms with Crippen molar-refractivity contribution in [2.24, 2.45) is 0 Å². The second-order valence-corrected chi connectivity index (χ2v) is 7.72. The Balaban J connectivity index is 1.66. The number of halogens is 1. The zero-order chi connectivity index (χ0) is 13.1. The molecular formula is C13H17ClO3S. The van der Waals surface area contributed by atoms with Crippen molar-refractivity contribution in [2.75, 3.05) is 6.61 Å². The third-order valence-corrected chi connectivity index (χ3v) is 5.99. The van der Waals surface area contributed by atoms with Crippen molar-refractivity contribution in [3.05, 3.63) is 35.9 Å². The highest BCUT2D eigenvalue weighted by Crippen LogP contribution is 2.49. The van der Waals surface area contributed by atoms with E-state index in [-0.39, 0.29) is 0 Å². The van der Waals surface area contributed by atoms with Gasteiger partial charge >= 0.3 is 0 Å². The van der Waals surface area contributed by atoms with Gasteiger partial charge in [0.1, 0.15) is 0 Å². The van der Waals surface area contributed by atoms with Gasteiger partial charge in [0.2, 0.25) is 9.05 Å². The topological polar surface area (TPSA) is 43.4 Å². The van der Waals surface area contributed by atoms with E-state index in [0.29, 0.717) is 32.5 Å². The molecule has 1 fully saturated rings. The van der Waals surface area contributed by atoms with Crippen LogP contribution >= 0.6 is 10.7 Å². The summed E-state index contributed by atoms with van der Waals surface area (Å²) in [6.07, 6.45) is 2.72. The van der Waals surface area contributed by atoms with Crippen molar-refractivity contribution < 1.29 is 13.2 Å². The van der Waals surface area contributed by atoms with E-state index >= 15 is 0 Å². The first-order valence-electron chi connectivity index (χ1n) is 6.09. The highest BCUT2D eigenvalue weighted by atomic mass is 35.7. The summed E-state index contributed by atoms with van der Waals surface area (Å²) >= 11 is 0. The Hall–Kier alpha value is -0.580. The molecular weight excluding hydrogens is 272 g/mol. The monoisotopic (exact) mass is 288 g/mol. The van der Waals surface area contributed by atoms with Crippen molar-refractivity contribution in [3.63, 3.8) is 0 Å². The Morgan fingerprint density at radius 1 is 1.22 bits per heavy atom. The lowest BCUT2D eigenvalue weighted by Crippen LogP contribution is -2.18. The minimum Gasteiger partial charge on any atom is -0.377 e. The number of hydrogen-bond acceptors (Lipinski definition) is 3. The van der Waals surface area contributed by atoms with Gasteiger partial charge < -0.3 is 4.74 Å². The molecule has 1 aromatic rings. The fraction of sp³-hybridized carbons (Fsp3) is 0.538. The van der Waals surface area contributed by atoms with E-state index in [9.17, 15) is 8.42 Å². The lowest BCUT2D eigenvalue weighted by atomic mass is 10.2. The number of benzene rings is 1. The van der Waals surface area contributed by atoms with Crippen molar-refractivity contribution in [1.82, 2.24) is 0 Å². The van der Waals surface area contributed by atoms with Crippen molar-refractivity contribution >= 4 is 19.7 Å². The first-order valence-corrected chi connectivity index (χ1v) is 8.40. The van der Waals surface area contributed by atoms with E-state index in [1.54, 1.807) is 0 Å².